The average Bonchev–Trinajstić information content (AvgIpc) is 2.22. The molecule has 5 nitrogen and oxygen atoms in total. The van der Waals surface area contributed by atoms with Crippen LogP contribution in [0.1, 0.15) is 0 Å². The van der Waals surface area contributed by atoms with Crippen LogP contribution in [0.3, 0.4) is 0 Å². The first-order chi connectivity index (χ1) is 8.21. The Balaban J connectivity index is 2.78. The van der Waals surface area contributed by atoms with Gasteiger partial charge in [-0.2, -0.15) is 4.31 Å². The molecule has 8 heteroatoms. The van der Waals surface area contributed by atoms with Gasteiger partial charge in [0.1, 0.15) is 0 Å². The first-order valence-electron chi connectivity index (χ1n) is 4.87. The van der Waals surface area contributed by atoms with Crippen LogP contribution in [0.5, 0.6) is 0 Å². The zero-order valence-corrected chi connectivity index (χ0v) is 12.1. The highest BCUT2D eigenvalue weighted by Gasteiger charge is 2.16. The van der Waals surface area contributed by atoms with E-state index in [1.54, 1.807) is 18.2 Å². The van der Waals surface area contributed by atoms with E-state index >= 15 is 0 Å². The molecule has 0 saturated heterocycles. The van der Waals surface area contributed by atoms with E-state index in [0.29, 0.717) is 0 Å². The number of rotatable bonds is 4. The lowest BCUT2D eigenvalue weighted by molar-refractivity contribution is -0.116. The van der Waals surface area contributed by atoms with E-state index in [-0.39, 0.29) is 22.3 Å². The Kier molecular flexibility index (Phi) is 4.98. The number of amides is 1. The number of sulfonamides is 1. The van der Waals surface area contributed by atoms with Gasteiger partial charge in [-0.3, -0.25) is 4.79 Å². The number of carbonyl (C=O) groups excluding carboxylic acids is 1. The number of likely N-dealkylation sites (N-methyl/N-ethyl adjacent to an activating group) is 1. The number of para-hydroxylation sites is 1. The summed E-state index contributed by atoms with van der Waals surface area (Å²) in [4.78, 5) is 11.6. The zero-order chi connectivity index (χ0) is 13.9. The fourth-order valence-electron chi connectivity index (χ4n) is 1.12. The van der Waals surface area contributed by atoms with Crippen LogP contribution in [0.15, 0.2) is 18.2 Å². The second-order valence-corrected chi connectivity index (χ2v) is 6.57. The predicted octanol–water partition coefficient (Wildman–Crippen LogP) is 1.82. The highest BCUT2D eigenvalue weighted by atomic mass is 35.5. The molecule has 1 aromatic carbocycles. The molecule has 0 atom stereocenters. The van der Waals surface area contributed by atoms with E-state index in [1.807, 2.05) is 0 Å². The summed E-state index contributed by atoms with van der Waals surface area (Å²) in [5.41, 5.74) is 0.271. The van der Waals surface area contributed by atoms with Crippen molar-refractivity contribution in [1.29, 1.82) is 0 Å². The molecular formula is C10H12Cl2N2O3S. The number of anilines is 1. The molecule has 0 heterocycles. The maximum atomic E-state index is 11.6. The van der Waals surface area contributed by atoms with Crippen molar-refractivity contribution in [3.05, 3.63) is 28.2 Å². The maximum Gasteiger partial charge on any atom is 0.239 e. The normalized spacial score (nSPS) is 11.6. The fraction of sp³-hybridized carbons (Fsp3) is 0.300. The molecule has 0 radical (unpaired) electrons. The molecule has 0 saturated carbocycles. The third-order valence-corrected chi connectivity index (χ3v) is 4.05. The Labute approximate surface area is 116 Å². The van der Waals surface area contributed by atoms with Crippen LogP contribution in [0.2, 0.25) is 10.0 Å². The molecule has 0 spiro atoms. The summed E-state index contributed by atoms with van der Waals surface area (Å²) < 4.78 is 23.2. The van der Waals surface area contributed by atoms with Gasteiger partial charge in [-0.15, -0.1) is 0 Å². The summed E-state index contributed by atoms with van der Waals surface area (Å²) in [6, 6.07) is 4.79. The lowest BCUT2D eigenvalue weighted by Crippen LogP contribution is -2.34. The van der Waals surface area contributed by atoms with Gasteiger partial charge >= 0.3 is 0 Å². The number of carbonyl (C=O) groups is 1. The van der Waals surface area contributed by atoms with Gasteiger partial charge in [-0.25, -0.2) is 8.42 Å². The van der Waals surface area contributed by atoms with Crippen molar-refractivity contribution in [2.24, 2.45) is 0 Å². The number of benzene rings is 1. The molecule has 1 amide bonds. The quantitative estimate of drug-likeness (QED) is 0.922. The van der Waals surface area contributed by atoms with Crippen molar-refractivity contribution in [3.8, 4) is 0 Å². The van der Waals surface area contributed by atoms with Gasteiger partial charge in [0.2, 0.25) is 15.9 Å². The lowest BCUT2D eigenvalue weighted by atomic mass is 10.3. The van der Waals surface area contributed by atoms with Crippen LogP contribution in [-0.4, -0.2) is 38.5 Å². The maximum absolute atomic E-state index is 11.6. The molecule has 0 aromatic heterocycles. The Morgan fingerprint density at radius 2 is 1.83 bits per heavy atom. The smallest absolute Gasteiger partial charge is 0.239 e. The van der Waals surface area contributed by atoms with Gasteiger partial charge in [-0.05, 0) is 12.1 Å². The minimum absolute atomic E-state index is 0.271. The van der Waals surface area contributed by atoms with Crippen molar-refractivity contribution in [2.45, 2.75) is 0 Å². The van der Waals surface area contributed by atoms with Crippen molar-refractivity contribution >= 4 is 44.8 Å². The number of halogens is 2. The van der Waals surface area contributed by atoms with E-state index in [2.05, 4.69) is 5.32 Å². The first kappa shape index (κ1) is 15.2. The molecular weight excluding hydrogens is 299 g/mol. The summed E-state index contributed by atoms with van der Waals surface area (Å²) >= 11 is 11.7. The molecule has 18 heavy (non-hydrogen) atoms. The summed E-state index contributed by atoms with van der Waals surface area (Å²) in [5.74, 6) is -0.516. The SMILES string of the molecule is CN(CC(=O)Nc1c(Cl)cccc1Cl)S(C)(=O)=O. The van der Waals surface area contributed by atoms with E-state index in [0.717, 1.165) is 10.6 Å². The van der Waals surface area contributed by atoms with Crippen LogP contribution in [-0.2, 0) is 14.8 Å². The molecule has 0 aliphatic rings. The minimum Gasteiger partial charge on any atom is -0.322 e. The average molecular weight is 311 g/mol. The molecule has 0 aliphatic heterocycles. The van der Waals surface area contributed by atoms with Crippen LogP contribution < -0.4 is 5.32 Å². The summed E-state index contributed by atoms with van der Waals surface area (Å²) in [7, 11) is -2.10. The first-order valence-corrected chi connectivity index (χ1v) is 7.47. The highest BCUT2D eigenvalue weighted by molar-refractivity contribution is 7.88. The van der Waals surface area contributed by atoms with Crippen LogP contribution >= 0.6 is 23.2 Å². The summed E-state index contributed by atoms with van der Waals surface area (Å²) in [6.45, 7) is -0.305. The van der Waals surface area contributed by atoms with E-state index in [4.69, 9.17) is 23.2 Å². The van der Waals surface area contributed by atoms with E-state index in [9.17, 15) is 13.2 Å². The van der Waals surface area contributed by atoms with Gasteiger partial charge < -0.3 is 5.32 Å². The number of nitrogens with one attached hydrogen (secondary N) is 1. The Hall–Kier alpha value is -0.820. The van der Waals surface area contributed by atoms with Crippen molar-refractivity contribution in [3.63, 3.8) is 0 Å². The third-order valence-electron chi connectivity index (χ3n) is 2.16. The van der Waals surface area contributed by atoms with Gasteiger partial charge in [-0.1, -0.05) is 29.3 Å². The topological polar surface area (TPSA) is 66.5 Å². The standard InChI is InChI=1S/C10H12Cl2N2O3S/c1-14(18(2,16)17)6-9(15)13-10-7(11)4-3-5-8(10)12/h3-5H,6H2,1-2H3,(H,13,15). The molecule has 100 valence electrons. The zero-order valence-electron chi connectivity index (χ0n) is 9.78. The monoisotopic (exact) mass is 310 g/mol. The van der Waals surface area contributed by atoms with Gasteiger partial charge in [0.25, 0.3) is 0 Å². The van der Waals surface area contributed by atoms with E-state index < -0.39 is 15.9 Å². The van der Waals surface area contributed by atoms with Crippen LogP contribution in [0.25, 0.3) is 0 Å². The third kappa shape index (κ3) is 4.13. The van der Waals surface area contributed by atoms with Crippen molar-refractivity contribution in [2.75, 3.05) is 25.2 Å². The van der Waals surface area contributed by atoms with Crippen LogP contribution in [0.4, 0.5) is 5.69 Å². The van der Waals surface area contributed by atoms with Gasteiger partial charge in [0, 0.05) is 7.05 Å². The molecule has 0 unspecified atom stereocenters. The lowest BCUT2D eigenvalue weighted by Gasteiger charge is -2.14. The predicted molar refractivity (Wildman–Crippen MR) is 72.6 cm³/mol. The van der Waals surface area contributed by atoms with Crippen molar-refractivity contribution < 1.29 is 13.2 Å². The molecule has 1 rings (SSSR count). The molecule has 1 N–H and O–H groups in total. The number of nitrogens with zero attached hydrogens (tertiary/aromatic N) is 1. The second-order valence-electron chi connectivity index (χ2n) is 3.66. The summed E-state index contributed by atoms with van der Waals surface area (Å²) in [5, 5.41) is 3.05. The van der Waals surface area contributed by atoms with Gasteiger partial charge in [0.05, 0.1) is 28.5 Å². The highest BCUT2D eigenvalue weighted by Crippen LogP contribution is 2.29. The molecule has 0 bridgehead atoms. The number of hydrogen-bond acceptors (Lipinski definition) is 3. The Morgan fingerprint density at radius 3 is 2.28 bits per heavy atom. The molecule has 0 aliphatic carbocycles. The number of hydrogen-bond donors (Lipinski definition) is 1. The van der Waals surface area contributed by atoms with Gasteiger partial charge in [0.15, 0.2) is 0 Å². The Morgan fingerprint density at radius 1 is 1.33 bits per heavy atom. The fourth-order valence-corrected chi connectivity index (χ4v) is 1.96. The van der Waals surface area contributed by atoms with Crippen molar-refractivity contribution in [1.82, 2.24) is 4.31 Å². The molecule has 1 aromatic rings. The summed E-state index contributed by atoms with van der Waals surface area (Å²) in [6.07, 6.45) is 1.02. The Bertz CT molecular complexity index is 540. The largest absolute Gasteiger partial charge is 0.322 e. The van der Waals surface area contributed by atoms with Crippen LogP contribution in [0, 0.1) is 0 Å². The minimum atomic E-state index is -3.40. The second kappa shape index (κ2) is 5.88. The van der Waals surface area contributed by atoms with E-state index in [1.165, 1.54) is 7.05 Å². The molecule has 0 fully saturated rings.